The van der Waals surface area contributed by atoms with E-state index in [-0.39, 0.29) is 18.2 Å². The van der Waals surface area contributed by atoms with Crippen LogP contribution >= 0.6 is 0 Å². The summed E-state index contributed by atoms with van der Waals surface area (Å²) in [7, 11) is 0. The van der Waals surface area contributed by atoms with E-state index in [9.17, 15) is 0 Å². The maximum absolute atomic E-state index is 5.67. The molecule has 0 aromatic heterocycles. The van der Waals surface area contributed by atoms with Gasteiger partial charge in [0, 0.05) is 18.7 Å². The van der Waals surface area contributed by atoms with Crippen molar-refractivity contribution < 1.29 is 14.2 Å². The lowest BCUT2D eigenvalue weighted by molar-refractivity contribution is -0.0665. The lowest BCUT2D eigenvalue weighted by Crippen LogP contribution is -2.33. The van der Waals surface area contributed by atoms with E-state index in [0.717, 1.165) is 6.61 Å². The summed E-state index contributed by atoms with van der Waals surface area (Å²) in [6.07, 6.45) is -0.0755. The highest BCUT2D eigenvalue weighted by atomic mass is 16.6. The molecule has 0 amide bonds. The molecule has 110 valence electrons. The molecule has 5 heteroatoms. The van der Waals surface area contributed by atoms with Crippen LogP contribution in [0.3, 0.4) is 0 Å². The van der Waals surface area contributed by atoms with E-state index in [1.54, 1.807) is 0 Å². The number of rotatable bonds is 11. The summed E-state index contributed by atoms with van der Waals surface area (Å²) < 4.78 is 16.7. The van der Waals surface area contributed by atoms with Gasteiger partial charge in [-0.15, -0.1) is 0 Å². The highest BCUT2D eigenvalue weighted by molar-refractivity contribution is 4.60. The van der Waals surface area contributed by atoms with Gasteiger partial charge in [-0.1, -0.05) is 13.8 Å². The summed E-state index contributed by atoms with van der Waals surface area (Å²) in [5.74, 6) is 0.518. The molecule has 0 heterocycles. The van der Waals surface area contributed by atoms with Gasteiger partial charge in [-0.25, -0.2) is 0 Å². The zero-order valence-corrected chi connectivity index (χ0v) is 12.2. The van der Waals surface area contributed by atoms with Crippen LogP contribution in [0.2, 0.25) is 0 Å². The summed E-state index contributed by atoms with van der Waals surface area (Å²) in [4.78, 5) is 0. The molecule has 3 unspecified atom stereocenters. The van der Waals surface area contributed by atoms with Gasteiger partial charge in [0.05, 0.1) is 26.4 Å². The lowest BCUT2D eigenvalue weighted by atomic mass is 10.2. The number of nitrogens with two attached hydrogens (primary N) is 2. The molecule has 0 saturated carbocycles. The SMILES string of the molecule is CC(C)COCC(COCC(C)N)OCC(C)N. The normalized spacial score (nSPS) is 16.8. The van der Waals surface area contributed by atoms with Crippen molar-refractivity contribution in [3.63, 3.8) is 0 Å². The first-order chi connectivity index (χ1) is 8.41. The molecule has 5 nitrogen and oxygen atoms in total. The molecule has 0 rings (SSSR count). The van der Waals surface area contributed by atoms with Crippen LogP contribution in [0, 0.1) is 5.92 Å². The topological polar surface area (TPSA) is 79.7 Å². The van der Waals surface area contributed by atoms with Crippen molar-refractivity contribution >= 4 is 0 Å². The Bertz CT molecular complexity index is 173. The van der Waals surface area contributed by atoms with E-state index in [4.69, 9.17) is 25.7 Å². The standard InChI is InChI=1S/C13H30N2O3/c1-10(2)5-16-8-13(18-7-12(4)15)9-17-6-11(3)14/h10-13H,5-9,14-15H2,1-4H3. The number of hydrogen-bond donors (Lipinski definition) is 2. The van der Waals surface area contributed by atoms with Crippen molar-refractivity contribution in [2.45, 2.75) is 45.9 Å². The molecule has 4 N–H and O–H groups in total. The van der Waals surface area contributed by atoms with Crippen LogP contribution in [0.15, 0.2) is 0 Å². The third kappa shape index (κ3) is 12.3. The highest BCUT2D eigenvalue weighted by Crippen LogP contribution is 2.00. The minimum absolute atomic E-state index is 0.0195. The third-order valence-corrected chi connectivity index (χ3v) is 2.03. The van der Waals surface area contributed by atoms with Gasteiger partial charge in [-0.2, -0.15) is 0 Å². The number of ether oxygens (including phenoxy) is 3. The first kappa shape index (κ1) is 17.8. The van der Waals surface area contributed by atoms with Gasteiger partial charge in [-0.05, 0) is 19.8 Å². The zero-order chi connectivity index (χ0) is 14.0. The van der Waals surface area contributed by atoms with Crippen molar-refractivity contribution in [3.05, 3.63) is 0 Å². The van der Waals surface area contributed by atoms with Crippen molar-refractivity contribution in [1.29, 1.82) is 0 Å². The van der Waals surface area contributed by atoms with Crippen LogP contribution in [-0.2, 0) is 14.2 Å². The van der Waals surface area contributed by atoms with E-state index in [1.165, 1.54) is 0 Å². The molecule has 0 aliphatic heterocycles. The van der Waals surface area contributed by atoms with Crippen molar-refractivity contribution in [2.75, 3.05) is 33.0 Å². The first-order valence-electron chi connectivity index (χ1n) is 6.70. The summed E-state index contributed by atoms with van der Waals surface area (Å²) in [5.41, 5.74) is 11.3. The second-order valence-electron chi connectivity index (χ2n) is 5.38. The molecule has 0 radical (unpaired) electrons. The third-order valence-electron chi connectivity index (χ3n) is 2.03. The lowest BCUT2D eigenvalue weighted by Gasteiger charge is -2.20. The molecular weight excluding hydrogens is 232 g/mol. The van der Waals surface area contributed by atoms with Crippen molar-refractivity contribution in [3.8, 4) is 0 Å². The second kappa shape index (κ2) is 10.7. The van der Waals surface area contributed by atoms with Crippen molar-refractivity contribution in [2.24, 2.45) is 17.4 Å². The second-order valence-corrected chi connectivity index (χ2v) is 5.38. The molecule has 0 fully saturated rings. The predicted molar refractivity (Wildman–Crippen MR) is 73.5 cm³/mol. The van der Waals surface area contributed by atoms with Crippen LogP contribution in [0.4, 0.5) is 0 Å². The maximum Gasteiger partial charge on any atom is 0.104 e. The van der Waals surface area contributed by atoms with Gasteiger partial charge in [0.25, 0.3) is 0 Å². The van der Waals surface area contributed by atoms with Gasteiger partial charge in [0.2, 0.25) is 0 Å². The first-order valence-corrected chi connectivity index (χ1v) is 6.70. The highest BCUT2D eigenvalue weighted by Gasteiger charge is 2.12. The van der Waals surface area contributed by atoms with E-state index in [1.807, 2.05) is 13.8 Å². The Morgan fingerprint density at radius 1 is 0.722 bits per heavy atom. The molecule has 0 spiro atoms. The van der Waals surface area contributed by atoms with Crippen molar-refractivity contribution in [1.82, 2.24) is 0 Å². The van der Waals surface area contributed by atoms with E-state index in [0.29, 0.717) is 32.3 Å². The molecule has 3 atom stereocenters. The van der Waals surface area contributed by atoms with E-state index in [2.05, 4.69) is 13.8 Å². The Morgan fingerprint density at radius 3 is 1.67 bits per heavy atom. The Hall–Kier alpha value is -0.200. The maximum atomic E-state index is 5.67. The Morgan fingerprint density at radius 2 is 1.22 bits per heavy atom. The van der Waals surface area contributed by atoms with Crippen LogP contribution in [0.25, 0.3) is 0 Å². The Labute approximate surface area is 111 Å². The largest absolute Gasteiger partial charge is 0.378 e. The fraction of sp³-hybridized carbons (Fsp3) is 1.00. The summed E-state index contributed by atoms with van der Waals surface area (Å²) in [6.45, 7) is 10.8. The molecule has 0 aromatic rings. The van der Waals surface area contributed by atoms with E-state index < -0.39 is 0 Å². The van der Waals surface area contributed by atoms with Gasteiger partial charge in [0.15, 0.2) is 0 Å². The Balaban J connectivity index is 3.84. The summed E-state index contributed by atoms with van der Waals surface area (Å²) in [6, 6.07) is 0.0571. The zero-order valence-electron chi connectivity index (χ0n) is 12.2. The van der Waals surface area contributed by atoms with Gasteiger partial charge >= 0.3 is 0 Å². The van der Waals surface area contributed by atoms with Crippen LogP contribution < -0.4 is 11.5 Å². The molecular formula is C13H30N2O3. The molecule has 0 aromatic carbocycles. The van der Waals surface area contributed by atoms with Crippen LogP contribution in [0.5, 0.6) is 0 Å². The molecule has 0 saturated heterocycles. The van der Waals surface area contributed by atoms with E-state index >= 15 is 0 Å². The molecule has 0 aliphatic carbocycles. The van der Waals surface area contributed by atoms with Gasteiger partial charge in [-0.3, -0.25) is 0 Å². The fourth-order valence-electron chi connectivity index (χ4n) is 1.25. The van der Waals surface area contributed by atoms with Gasteiger partial charge in [0.1, 0.15) is 6.10 Å². The average Bonchev–Trinajstić information content (AvgIpc) is 2.24. The average molecular weight is 262 g/mol. The smallest absolute Gasteiger partial charge is 0.104 e. The minimum atomic E-state index is -0.0755. The summed E-state index contributed by atoms with van der Waals surface area (Å²) >= 11 is 0. The van der Waals surface area contributed by atoms with Gasteiger partial charge < -0.3 is 25.7 Å². The van der Waals surface area contributed by atoms with Crippen LogP contribution in [0.1, 0.15) is 27.7 Å². The Kier molecular flexibility index (Phi) is 10.6. The molecule has 0 bridgehead atoms. The molecule has 0 aliphatic rings. The predicted octanol–water partition coefficient (Wildman–Crippen LogP) is 0.755. The monoisotopic (exact) mass is 262 g/mol. The number of hydrogen-bond acceptors (Lipinski definition) is 5. The quantitative estimate of drug-likeness (QED) is 0.574. The fourth-order valence-corrected chi connectivity index (χ4v) is 1.25. The summed E-state index contributed by atoms with van der Waals surface area (Å²) in [5, 5.41) is 0. The van der Waals surface area contributed by atoms with Crippen LogP contribution in [-0.4, -0.2) is 51.2 Å². The minimum Gasteiger partial charge on any atom is -0.378 e. The molecule has 18 heavy (non-hydrogen) atoms.